The molecule has 2 heterocycles. The number of halogens is 2. The van der Waals surface area contributed by atoms with E-state index in [2.05, 4.69) is 15.2 Å². The average molecular weight is 442 g/mol. The lowest BCUT2D eigenvalue weighted by Gasteiger charge is -2.36. The van der Waals surface area contributed by atoms with Gasteiger partial charge in [-0.2, -0.15) is 0 Å². The van der Waals surface area contributed by atoms with E-state index in [0.717, 1.165) is 0 Å². The Labute approximate surface area is 183 Å². The number of methoxy groups -OCH3 is 1. The maximum atomic E-state index is 14.0. The number of rotatable bonds is 6. The Kier molecular flexibility index (Phi) is 6.36. The van der Waals surface area contributed by atoms with E-state index in [1.165, 1.54) is 31.4 Å². The maximum Gasteiger partial charge on any atom is 0.356 e. The van der Waals surface area contributed by atoms with Gasteiger partial charge in [0.15, 0.2) is 0 Å². The van der Waals surface area contributed by atoms with Crippen LogP contribution in [0.1, 0.15) is 16.9 Å². The number of fused-ring (bicyclic) bond motifs is 1. The SMILES string of the molecule is COC(=O)c1[nH]c2ccc(F)cc2c1NC(=O)CCN1CCN(c2ccccc2F)CC1. The molecule has 0 saturated carbocycles. The highest BCUT2D eigenvalue weighted by Gasteiger charge is 2.22. The molecule has 0 atom stereocenters. The van der Waals surface area contributed by atoms with E-state index in [1.807, 2.05) is 11.0 Å². The standard InChI is InChI=1S/C23H24F2N4O3/c1-32-23(31)22-21(16-14-15(24)6-7-18(16)26-22)27-20(30)8-9-28-10-12-29(13-11-28)19-5-3-2-4-17(19)25/h2-7,14,26H,8-13H2,1H3,(H,27,30). The molecule has 7 nitrogen and oxygen atoms in total. The van der Waals surface area contributed by atoms with Crippen molar-refractivity contribution >= 4 is 34.2 Å². The topological polar surface area (TPSA) is 77.7 Å². The first kappa shape index (κ1) is 21.8. The van der Waals surface area contributed by atoms with Crippen molar-refractivity contribution < 1.29 is 23.1 Å². The van der Waals surface area contributed by atoms with Gasteiger partial charge in [0, 0.05) is 50.0 Å². The second-order valence-electron chi connectivity index (χ2n) is 7.63. The van der Waals surface area contributed by atoms with Crippen LogP contribution in [0, 0.1) is 11.6 Å². The number of anilines is 2. The molecule has 1 amide bonds. The molecule has 1 fully saturated rings. The fourth-order valence-corrected chi connectivity index (χ4v) is 3.93. The van der Waals surface area contributed by atoms with Crippen molar-refractivity contribution in [2.24, 2.45) is 0 Å². The van der Waals surface area contributed by atoms with Crippen LogP contribution in [0.2, 0.25) is 0 Å². The maximum absolute atomic E-state index is 14.0. The van der Waals surface area contributed by atoms with E-state index < -0.39 is 11.8 Å². The second-order valence-corrected chi connectivity index (χ2v) is 7.63. The highest BCUT2D eigenvalue weighted by atomic mass is 19.1. The molecule has 9 heteroatoms. The molecule has 0 bridgehead atoms. The van der Waals surface area contributed by atoms with Crippen LogP contribution in [0.15, 0.2) is 42.5 Å². The fraction of sp³-hybridized carbons (Fsp3) is 0.304. The molecule has 2 N–H and O–H groups in total. The van der Waals surface area contributed by atoms with Crippen molar-refractivity contribution in [2.45, 2.75) is 6.42 Å². The highest BCUT2D eigenvalue weighted by Crippen LogP contribution is 2.29. The summed E-state index contributed by atoms with van der Waals surface area (Å²) in [6.07, 6.45) is 0.197. The normalized spacial score (nSPS) is 14.5. The molecule has 2 aromatic carbocycles. The number of carbonyl (C=O) groups is 2. The zero-order chi connectivity index (χ0) is 22.7. The Balaban J connectivity index is 1.37. The number of amides is 1. The van der Waals surface area contributed by atoms with Crippen LogP contribution in [0.25, 0.3) is 10.9 Å². The summed E-state index contributed by atoms with van der Waals surface area (Å²) in [5, 5.41) is 3.13. The highest BCUT2D eigenvalue weighted by molar-refractivity contribution is 6.10. The number of piperazine rings is 1. The molecular weight excluding hydrogens is 418 g/mol. The number of para-hydroxylation sites is 1. The third kappa shape index (κ3) is 4.57. The zero-order valence-electron chi connectivity index (χ0n) is 17.7. The van der Waals surface area contributed by atoms with Crippen LogP contribution >= 0.6 is 0 Å². The van der Waals surface area contributed by atoms with Gasteiger partial charge < -0.3 is 19.9 Å². The number of esters is 1. The van der Waals surface area contributed by atoms with E-state index in [9.17, 15) is 18.4 Å². The van der Waals surface area contributed by atoms with Gasteiger partial charge in [-0.15, -0.1) is 0 Å². The van der Waals surface area contributed by atoms with Crippen molar-refractivity contribution in [2.75, 3.05) is 50.1 Å². The number of hydrogen-bond donors (Lipinski definition) is 2. The van der Waals surface area contributed by atoms with Gasteiger partial charge in [0.1, 0.15) is 17.3 Å². The van der Waals surface area contributed by atoms with Gasteiger partial charge in [0.05, 0.1) is 18.5 Å². The van der Waals surface area contributed by atoms with Crippen LogP contribution in [0.5, 0.6) is 0 Å². The summed E-state index contributed by atoms with van der Waals surface area (Å²) in [6, 6.07) is 10.7. The van der Waals surface area contributed by atoms with Gasteiger partial charge in [-0.3, -0.25) is 9.69 Å². The lowest BCUT2D eigenvalue weighted by atomic mass is 10.2. The Bertz CT molecular complexity index is 1140. The number of hydrogen-bond acceptors (Lipinski definition) is 5. The third-order valence-electron chi connectivity index (χ3n) is 5.64. The summed E-state index contributed by atoms with van der Waals surface area (Å²) in [6.45, 7) is 3.25. The van der Waals surface area contributed by atoms with E-state index >= 15 is 0 Å². The monoisotopic (exact) mass is 442 g/mol. The minimum atomic E-state index is -0.652. The summed E-state index contributed by atoms with van der Waals surface area (Å²) in [7, 11) is 1.24. The van der Waals surface area contributed by atoms with Crippen molar-refractivity contribution in [1.82, 2.24) is 9.88 Å². The molecule has 32 heavy (non-hydrogen) atoms. The summed E-state index contributed by atoms with van der Waals surface area (Å²) >= 11 is 0. The second kappa shape index (κ2) is 9.35. The van der Waals surface area contributed by atoms with Crippen LogP contribution in [-0.4, -0.2) is 61.6 Å². The summed E-state index contributed by atoms with van der Waals surface area (Å²) in [5.41, 5.74) is 1.39. The van der Waals surface area contributed by atoms with E-state index in [0.29, 0.717) is 49.3 Å². The molecule has 0 aliphatic carbocycles. The van der Waals surface area contributed by atoms with Crippen LogP contribution in [-0.2, 0) is 9.53 Å². The first-order valence-corrected chi connectivity index (χ1v) is 10.4. The Hall–Kier alpha value is -3.46. The minimum Gasteiger partial charge on any atom is -0.464 e. The first-order valence-electron chi connectivity index (χ1n) is 10.4. The van der Waals surface area contributed by atoms with Gasteiger partial charge >= 0.3 is 5.97 Å². The van der Waals surface area contributed by atoms with Crippen LogP contribution in [0.3, 0.4) is 0 Å². The number of aromatic nitrogens is 1. The summed E-state index contributed by atoms with van der Waals surface area (Å²) < 4.78 is 32.5. The lowest BCUT2D eigenvalue weighted by Crippen LogP contribution is -2.47. The molecule has 1 saturated heterocycles. The first-order chi connectivity index (χ1) is 15.5. The number of aromatic amines is 1. The number of carbonyl (C=O) groups excluding carboxylic acids is 2. The van der Waals surface area contributed by atoms with Gasteiger partial charge in [0.25, 0.3) is 0 Å². The van der Waals surface area contributed by atoms with Crippen LogP contribution in [0.4, 0.5) is 20.2 Å². The van der Waals surface area contributed by atoms with E-state index in [1.54, 1.807) is 12.1 Å². The zero-order valence-corrected chi connectivity index (χ0v) is 17.7. The van der Waals surface area contributed by atoms with Gasteiger partial charge in [0.2, 0.25) is 5.91 Å². The molecule has 1 aliphatic heterocycles. The Morgan fingerprint density at radius 2 is 1.84 bits per heavy atom. The molecular formula is C23H24F2N4O3. The van der Waals surface area contributed by atoms with Crippen molar-refractivity contribution in [1.29, 1.82) is 0 Å². The molecule has 1 aliphatic rings. The molecule has 3 aromatic rings. The summed E-state index contributed by atoms with van der Waals surface area (Å²) in [4.78, 5) is 31.7. The predicted molar refractivity (Wildman–Crippen MR) is 118 cm³/mol. The number of benzene rings is 2. The molecule has 168 valence electrons. The molecule has 0 spiro atoms. The van der Waals surface area contributed by atoms with E-state index in [4.69, 9.17) is 4.74 Å². The fourth-order valence-electron chi connectivity index (χ4n) is 3.93. The van der Waals surface area contributed by atoms with Gasteiger partial charge in [-0.1, -0.05) is 12.1 Å². The van der Waals surface area contributed by atoms with E-state index in [-0.39, 0.29) is 29.5 Å². The number of nitrogens with zero attached hydrogens (tertiary/aromatic N) is 2. The average Bonchev–Trinajstić information content (AvgIpc) is 3.15. The Morgan fingerprint density at radius 1 is 1.09 bits per heavy atom. The number of nitrogens with one attached hydrogen (secondary N) is 2. The molecule has 1 aromatic heterocycles. The quantitative estimate of drug-likeness (QED) is 0.573. The number of H-pyrrole nitrogens is 1. The van der Waals surface area contributed by atoms with Gasteiger partial charge in [-0.25, -0.2) is 13.6 Å². The van der Waals surface area contributed by atoms with Crippen molar-refractivity contribution in [3.05, 3.63) is 59.8 Å². The largest absolute Gasteiger partial charge is 0.464 e. The molecule has 0 unspecified atom stereocenters. The number of ether oxygens (including phenoxy) is 1. The van der Waals surface area contributed by atoms with Crippen molar-refractivity contribution in [3.63, 3.8) is 0 Å². The molecule has 0 radical (unpaired) electrons. The lowest BCUT2D eigenvalue weighted by molar-refractivity contribution is -0.116. The smallest absolute Gasteiger partial charge is 0.356 e. The van der Waals surface area contributed by atoms with Gasteiger partial charge in [-0.05, 0) is 30.3 Å². The van der Waals surface area contributed by atoms with Crippen LogP contribution < -0.4 is 10.2 Å². The summed E-state index contributed by atoms with van der Waals surface area (Å²) in [5.74, 6) is -1.66. The van der Waals surface area contributed by atoms with Crippen molar-refractivity contribution in [3.8, 4) is 0 Å². The minimum absolute atomic E-state index is 0.0694. The predicted octanol–water partition coefficient (Wildman–Crippen LogP) is 3.38. The molecule has 4 rings (SSSR count). The Morgan fingerprint density at radius 3 is 2.56 bits per heavy atom. The third-order valence-corrected chi connectivity index (χ3v) is 5.64.